The van der Waals surface area contributed by atoms with Gasteiger partial charge >= 0.3 is 6.61 Å². The van der Waals surface area contributed by atoms with Crippen LogP contribution in [0, 0.1) is 0 Å². The number of fused-ring (bicyclic) bond motifs is 1. The quantitative estimate of drug-likeness (QED) is 0.831. The Bertz CT molecular complexity index is 874. The van der Waals surface area contributed by atoms with Gasteiger partial charge in [-0.25, -0.2) is 4.99 Å². The number of aliphatic imine (C=N–C) groups is 1. The number of ether oxygens (including phenoxy) is 2. The van der Waals surface area contributed by atoms with Crippen LogP contribution in [0.5, 0.6) is 11.5 Å². The molecule has 0 saturated heterocycles. The molecule has 138 valence electrons. The lowest BCUT2D eigenvalue weighted by molar-refractivity contribution is -0.0498. The van der Waals surface area contributed by atoms with Crippen molar-refractivity contribution in [3.05, 3.63) is 47.3 Å². The van der Waals surface area contributed by atoms with E-state index in [9.17, 15) is 18.1 Å². The Labute approximate surface area is 151 Å². The molecule has 0 fully saturated rings. The van der Waals surface area contributed by atoms with Crippen LogP contribution in [-0.4, -0.2) is 33.1 Å². The highest BCUT2D eigenvalue weighted by atomic mass is 32.2. The number of hydrogen-bond donors (Lipinski definition) is 1. The molecule has 0 spiro atoms. The van der Waals surface area contributed by atoms with Gasteiger partial charge in [-0.15, -0.1) is 0 Å². The Morgan fingerprint density at radius 3 is 2.85 bits per heavy atom. The molecule has 26 heavy (non-hydrogen) atoms. The first kappa shape index (κ1) is 18.4. The molecule has 1 unspecified atom stereocenters. The number of alkyl halides is 2. The van der Waals surface area contributed by atoms with E-state index in [1.54, 1.807) is 12.1 Å². The summed E-state index contributed by atoms with van der Waals surface area (Å²) in [7, 11) is -0.00205. The first-order chi connectivity index (χ1) is 12.5. The summed E-state index contributed by atoms with van der Waals surface area (Å²) in [4.78, 5) is 8.46. The molecular formula is C17H16F2N2O4S. The van der Waals surface area contributed by atoms with E-state index in [2.05, 4.69) is 14.7 Å². The van der Waals surface area contributed by atoms with Crippen LogP contribution in [0.3, 0.4) is 0 Å². The second kappa shape index (κ2) is 7.88. The number of aliphatic hydroxyl groups excluding tert-OH is 1. The lowest BCUT2D eigenvalue weighted by atomic mass is 10.1. The summed E-state index contributed by atoms with van der Waals surface area (Å²) in [6.45, 7) is -3.20. The van der Waals surface area contributed by atoms with Crippen molar-refractivity contribution in [2.45, 2.75) is 25.4 Å². The van der Waals surface area contributed by atoms with Gasteiger partial charge in [0.2, 0.25) is 0 Å². The minimum Gasteiger partial charge on any atom is -0.496 e. The van der Waals surface area contributed by atoms with E-state index in [0.29, 0.717) is 34.2 Å². The van der Waals surface area contributed by atoms with Crippen molar-refractivity contribution in [1.29, 1.82) is 0 Å². The zero-order valence-corrected chi connectivity index (χ0v) is 14.6. The minimum absolute atomic E-state index is 0.00608. The molecule has 2 aromatic rings. The van der Waals surface area contributed by atoms with Crippen LogP contribution in [0.15, 0.2) is 35.5 Å². The molecule has 6 nitrogen and oxygen atoms in total. The number of benzene rings is 1. The molecule has 9 heteroatoms. The number of nitrogens with zero attached hydrogens (tertiary/aromatic N) is 2. The molecule has 0 radical (unpaired) electrons. The standard InChI is InChI=1S/C17H16F2N2O4S/c1-24-15-4-5-20-14(12(15)8-22)9-26(23)16-6-10-2-3-11(25-17(18)19)7-13(10)21-16/h2-5,7,17,22H,6,8-9H2,1H3. The summed E-state index contributed by atoms with van der Waals surface area (Å²) < 4.78 is 46.8. The van der Waals surface area contributed by atoms with E-state index in [0.717, 1.165) is 5.56 Å². The highest BCUT2D eigenvalue weighted by Crippen LogP contribution is 2.32. The van der Waals surface area contributed by atoms with Gasteiger partial charge in [-0.2, -0.15) is 8.78 Å². The van der Waals surface area contributed by atoms with Crippen LogP contribution in [0.4, 0.5) is 14.5 Å². The molecule has 0 aliphatic carbocycles. The predicted molar refractivity (Wildman–Crippen MR) is 92.4 cm³/mol. The van der Waals surface area contributed by atoms with Crippen LogP contribution in [0.25, 0.3) is 0 Å². The summed E-state index contributed by atoms with van der Waals surface area (Å²) in [5.41, 5.74) is 2.20. The normalized spacial score (nSPS) is 14.1. The van der Waals surface area contributed by atoms with Gasteiger partial charge in [0.05, 0.1) is 41.7 Å². The van der Waals surface area contributed by atoms with Crippen molar-refractivity contribution in [1.82, 2.24) is 4.98 Å². The third-order valence-corrected chi connectivity index (χ3v) is 5.18. The predicted octanol–water partition coefficient (Wildman–Crippen LogP) is 2.72. The number of hydrogen-bond acceptors (Lipinski definition) is 6. The van der Waals surface area contributed by atoms with Crippen molar-refractivity contribution in [3.8, 4) is 11.5 Å². The number of aromatic nitrogens is 1. The molecule has 3 rings (SSSR count). The SMILES string of the molecule is COc1ccnc(CS(=O)C2=Nc3cc(OC(F)F)ccc3C2)c1CO. The molecule has 1 aliphatic heterocycles. The maximum atomic E-state index is 12.7. The fraction of sp³-hybridized carbons (Fsp3) is 0.294. The summed E-state index contributed by atoms with van der Waals surface area (Å²) in [6, 6.07) is 6.07. The molecule has 1 N–H and O–H groups in total. The lowest BCUT2D eigenvalue weighted by Crippen LogP contribution is -2.12. The molecular weight excluding hydrogens is 366 g/mol. The molecule has 0 saturated carbocycles. The first-order valence-corrected chi connectivity index (χ1v) is 8.99. The average Bonchev–Trinajstić information content (AvgIpc) is 3.04. The second-order valence-electron chi connectivity index (χ2n) is 5.44. The summed E-state index contributed by atoms with van der Waals surface area (Å²) >= 11 is 0. The largest absolute Gasteiger partial charge is 0.496 e. The number of rotatable bonds is 6. The summed E-state index contributed by atoms with van der Waals surface area (Å²) in [6.07, 6.45) is 1.87. The maximum absolute atomic E-state index is 12.7. The van der Waals surface area contributed by atoms with Crippen molar-refractivity contribution < 1.29 is 27.6 Å². The monoisotopic (exact) mass is 382 g/mol. The third-order valence-electron chi connectivity index (χ3n) is 3.88. The average molecular weight is 382 g/mol. The van der Waals surface area contributed by atoms with E-state index < -0.39 is 17.4 Å². The number of halogens is 2. The van der Waals surface area contributed by atoms with Gasteiger partial charge in [-0.1, -0.05) is 6.07 Å². The van der Waals surface area contributed by atoms with E-state index in [-0.39, 0.29) is 18.1 Å². The van der Waals surface area contributed by atoms with E-state index in [1.807, 2.05) is 0 Å². The van der Waals surface area contributed by atoms with Crippen molar-refractivity contribution in [2.75, 3.05) is 7.11 Å². The molecule has 1 aromatic carbocycles. The zero-order chi connectivity index (χ0) is 18.7. The van der Waals surface area contributed by atoms with E-state index in [1.165, 1.54) is 25.4 Å². The van der Waals surface area contributed by atoms with Crippen molar-refractivity contribution in [3.63, 3.8) is 0 Å². The van der Waals surface area contributed by atoms with Crippen LogP contribution in [0.1, 0.15) is 16.8 Å². The van der Waals surface area contributed by atoms with Crippen molar-refractivity contribution >= 4 is 21.5 Å². The van der Waals surface area contributed by atoms with Crippen LogP contribution in [0.2, 0.25) is 0 Å². The fourth-order valence-corrected chi connectivity index (χ4v) is 3.83. The fourth-order valence-electron chi connectivity index (χ4n) is 2.65. The molecule has 1 aliphatic rings. The van der Waals surface area contributed by atoms with Gasteiger partial charge in [-0.05, 0) is 17.7 Å². The van der Waals surface area contributed by atoms with Crippen LogP contribution >= 0.6 is 0 Å². The molecule has 2 heterocycles. The Hall–Kier alpha value is -2.39. The van der Waals surface area contributed by atoms with Gasteiger partial charge in [0, 0.05) is 24.2 Å². The highest BCUT2D eigenvalue weighted by Gasteiger charge is 2.22. The number of methoxy groups -OCH3 is 1. The maximum Gasteiger partial charge on any atom is 0.387 e. The molecule has 0 amide bonds. The topological polar surface area (TPSA) is 81.0 Å². The Morgan fingerprint density at radius 2 is 2.15 bits per heavy atom. The second-order valence-corrected chi connectivity index (χ2v) is 6.89. The number of pyridine rings is 1. The molecule has 0 bridgehead atoms. The van der Waals surface area contributed by atoms with Gasteiger partial charge in [0.25, 0.3) is 0 Å². The minimum atomic E-state index is -2.91. The van der Waals surface area contributed by atoms with Gasteiger partial charge < -0.3 is 14.6 Å². The molecule has 1 atom stereocenters. The first-order valence-electron chi connectivity index (χ1n) is 7.67. The smallest absolute Gasteiger partial charge is 0.387 e. The van der Waals surface area contributed by atoms with Gasteiger partial charge in [0.1, 0.15) is 16.5 Å². The Morgan fingerprint density at radius 1 is 1.35 bits per heavy atom. The van der Waals surface area contributed by atoms with E-state index >= 15 is 0 Å². The summed E-state index contributed by atoms with van der Waals surface area (Å²) in [5, 5.41) is 9.95. The van der Waals surface area contributed by atoms with Gasteiger partial charge in [-0.3, -0.25) is 9.19 Å². The van der Waals surface area contributed by atoms with Gasteiger partial charge in [0.15, 0.2) is 0 Å². The van der Waals surface area contributed by atoms with E-state index in [4.69, 9.17) is 4.74 Å². The van der Waals surface area contributed by atoms with Crippen molar-refractivity contribution in [2.24, 2.45) is 4.99 Å². The highest BCUT2D eigenvalue weighted by molar-refractivity contribution is 8.00. The molecule has 1 aromatic heterocycles. The van der Waals surface area contributed by atoms with Crippen LogP contribution in [-0.2, 0) is 29.6 Å². The number of aliphatic hydroxyl groups is 1. The third kappa shape index (κ3) is 3.88. The Kier molecular flexibility index (Phi) is 5.58. The summed E-state index contributed by atoms with van der Waals surface area (Å²) in [5.74, 6) is 0.548. The zero-order valence-electron chi connectivity index (χ0n) is 13.8. The lowest BCUT2D eigenvalue weighted by Gasteiger charge is -2.10. The Balaban J connectivity index is 1.79. The van der Waals surface area contributed by atoms with Crippen LogP contribution < -0.4 is 9.47 Å².